The number of nitrogens with zero attached hydrogens (tertiary/aromatic N) is 2. The Labute approximate surface area is 196 Å². The van der Waals surface area contributed by atoms with Crippen LogP contribution < -0.4 is 10.6 Å². The Morgan fingerprint density at radius 1 is 1.12 bits per heavy atom. The normalized spacial score (nSPS) is 11.0. The highest BCUT2D eigenvalue weighted by Gasteiger charge is 2.18. The van der Waals surface area contributed by atoms with Crippen LogP contribution >= 0.6 is 34.5 Å². The Balaban J connectivity index is 1.60. The fraction of sp³-hybridized carbons (Fsp3) is 0.136. The number of benzene rings is 2. The summed E-state index contributed by atoms with van der Waals surface area (Å²) in [6, 6.07) is 11.0. The van der Waals surface area contributed by atoms with E-state index < -0.39 is 11.7 Å². The van der Waals surface area contributed by atoms with Crippen molar-refractivity contribution < 1.29 is 14.0 Å². The van der Waals surface area contributed by atoms with Crippen LogP contribution in [0.4, 0.5) is 15.8 Å². The van der Waals surface area contributed by atoms with E-state index >= 15 is 0 Å². The molecular weight excluding hydrogens is 474 g/mol. The van der Waals surface area contributed by atoms with Crippen LogP contribution in [0.1, 0.15) is 27.9 Å². The molecule has 2 heterocycles. The largest absolute Gasteiger partial charge is 0.324 e. The topological polar surface area (TPSA) is 76.0 Å². The number of amides is 2. The maximum atomic E-state index is 13.9. The molecule has 0 unspecified atom stereocenters. The van der Waals surface area contributed by atoms with Gasteiger partial charge in [-0.1, -0.05) is 29.3 Å². The maximum absolute atomic E-state index is 13.9. The van der Waals surface area contributed by atoms with Gasteiger partial charge in [0.1, 0.15) is 10.6 Å². The molecule has 0 spiro atoms. The molecule has 0 saturated heterocycles. The van der Waals surface area contributed by atoms with Crippen LogP contribution in [-0.4, -0.2) is 21.6 Å². The van der Waals surface area contributed by atoms with Crippen molar-refractivity contribution in [2.45, 2.75) is 20.4 Å². The number of halogens is 3. The zero-order chi connectivity index (χ0) is 23.0. The second-order valence-corrected chi connectivity index (χ2v) is 9.01. The molecule has 164 valence electrons. The van der Waals surface area contributed by atoms with E-state index in [4.69, 9.17) is 23.2 Å². The third-order valence-corrected chi connectivity index (χ3v) is 6.44. The van der Waals surface area contributed by atoms with Gasteiger partial charge in [-0.25, -0.2) is 4.39 Å². The van der Waals surface area contributed by atoms with Crippen molar-refractivity contribution in [3.8, 4) is 0 Å². The first-order valence-electron chi connectivity index (χ1n) is 9.50. The van der Waals surface area contributed by atoms with E-state index in [2.05, 4.69) is 15.7 Å². The van der Waals surface area contributed by atoms with Crippen molar-refractivity contribution in [2.24, 2.45) is 0 Å². The molecule has 0 fully saturated rings. The van der Waals surface area contributed by atoms with Gasteiger partial charge in [0.2, 0.25) is 5.91 Å². The number of fused-ring (bicyclic) bond motifs is 1. The van der Waals surface area contributed by atoms with Crippen LogP contribution in [0, 0.1) is 12.7 Å². The summed E-state index contributed by atoms with van der Waals surface area (Å²) < 4.78 is 15.7. The van der Waals surface area contributed by atoms with Gasteiger partial charge in [0.15, 0.2) is 0 Å². The standard InChI is InChI=1S/C22H17Cl2FN4O2S/c1-11-16-9-20(21(31)27-15-5-6-18(25)19(8-15)26-12(2)30)32-22(16)29(28-11)10-13-3-4-14(23)7-17(13)24/h3-9H,10H2,1-2H3,(H,26,30)(H,27,31). The molecule has 6 nitrogen and oxygen atoms in total. The average Bonchev–Trinajstić information content (AvgIpc) is 3.28. The number of aromatic nitrogens is 2. The molecule has 2 N–H and O–H groups in total. The van der Waals surface area contributed by atoms with Gasteiger partial charge in [-0.3, -0.25) is 14.3 Å². The molecule has 4 aromatic rings. The molecule has 2 aromatic heterocycles. The molecule has 0 saturated carbocycles. The monoisotopic (exact) mass is 490 g/mol. The Kier molecular flexibility index (Phi) is 6.19. The summed E-state index contributed by atoms with van der Waals surface area (Å²) in [6.07, 6.45) is 0. The zero-order valence-corrected chi connectivity index (χ0v) is 19.3. The first kappa shape index (κ1) is 22.3. The van der Waals surface area contributed by atoms with Crippen LogP contribution in [0.5, 0.6) is 0 Å². The average molecular weight is 491 g/mol. The van der Waals surface area contributed by atoms with Crippen molar-refractivity contribution >= 4 is 67.9 Å². The van der Waals surface area contributed by atoms with Crippen molar-refractivity contribution in [3.05, 3.63) is 74.5 Å². The lowest BCUT2D eigenvalue weighted by atomic mass is 10.2. The van der Waals surface area contributed by atoms with E-state index in [9.17, 15) is 14.0 Å². The minimum Gasteiger partial charge on any atom is -0.324 e. The number of thiophene rings is 1. The molecule has 0 radical (unpaired) electrons. The van der Waals surface area contributed by atoms with Gasteiger partial charge < -0.3 is 10.6 Å². The summed E-state index contributed by atoms with van der Waals surface area (Å²) in [6.45, 7) is 3.58. The van der Waals surface area contributed by atoms with Crippen LogP contribution in [0.15, 0.2) is 42.5 Å². The fourth-order valence-electron chi connectivity index (χ4n) is 3.22. The molecule has 4 rings (SSSR count). The Hall–Kier alpha value is -2.94. The van der Waals surface area contributed by atoms with Crippen molar-refractivity contribution in [3.63, 3.8) is 0 Å². The predicted molar refractivity (Wildman–Crippen MR) is 127 cm³/mol. The number of aryl methyl sites for hydroxylation is 1. The summed E-state index contributed by atoms with van der Waals surface area (Å²) in [5, 5.41) is 11.7. The second-order valence-electron chi connectivity index (χ2n) is 7.14. The van der Waals surface area contributed by atoms with E-state index in [1.807, 2.05) is 13.0 Å². The quantitative estimate of drug-likeness (QED) is 0.354. The van der Waals surface area contributed by atoms with E-state index in [1.165, 1.54) is 36.5 Å². The molecule has 2 aromatic carbocycles. The van der Waals surface area contributed by atoms with Crippen molar-refractivity contribution in [2.75, 3.05) is 10.6 Å². The van der Waals surface area contributed by atoms with Crippen molar-refractivity contribution in [1.82, 2.24) is 9.78 Å². The fourth-order valence-corrected chi connectivity index (χ4v) is 4.75. The number of anilines is 2. The lowest BCUT2D eigenvalue weighted by molar-refractivity contribution is -0.114. The van der Waals surface area contributed by atoms with E-state index in [0.717, 1.165) is 21.5 Å². The zero-order valence-electron chi connectivity index (χ0n) is 17.0. The Bertz CT molecular complexity index is 1370. The van der Waals surface area contributed by atoms with Crippen molar-refractivity contribution in [1.29, 1.82) is 0 Å². The summed E-state index contributed by atoms with van der Waals surface area (Å²) >= 11 is 13.6. The second kappa shape index (κ2) is 8.90. The molecule has 10 heteroatoms. The summed E-state index contributed by atoms with van der Waals surface area (Å²) in [7, 11) is 0. The molecule has 0 aliphatic carbocycles. The maximum Gasteiger partial charge on any atom is 0.265 e. The van der Waals surface area contributed by atoms with Crippen LogP contribution in [-0.2, 0) is 11.3 Å². The highest BCUT2D eigenvalue weighted by molar-refractivity contribution is 7.20. The molecular formula is C22H17Cl2FN4O2S. The van der Waals surface area contributed by atoms with Crippen LogP contribution in [0.3, 0.4) is 0 Å². The first-order valence-corrected chi connectivity index (χ1v) is 11.1. The summed E-state index contributed by atoms with van der Waals surface area (Å²) in [5.74, 6) is -1.34. The number of hydrogen-bond donors (Lipinski definition) is 2. The molecule has 0 bridgehead atoms. The Morgan fingerprint density at radius 3 is 2.62 bits per heavy atom. The van der Waals surface area contributed by atoms with E-state index in [0.29, 0.717) is 27.2 Å². The molecule has 32 heavy (non-hydrogen) atoms. The molecule has 0 aliphatic rings. The first-order chi connectivity index (χ1) is 15.2. The number of hydrogen-bond acceptors (Lipinski definition) is 4. The Morgan fingerprint density at radius 2 is 1.91 bits per heavy atom. The van der Waals surface area contributed by atoms with Gasteiger partial charge >= 0.3 is 0 Å². The highest BCUT2D eigenvalue weighted by atomic mass is 35.5. The number of carbonyl (C=O) groups is 2. The minimum atomic E-state index is -0.586. The third-order valence-electron chi connectivity index (χ3n) is 4.70. The van der Waals surface area contributed by atoms with Gasteiger partial charge in [0.05, 0.1) is 22.8 Å². The number of rotatable bonds is 5. The minimum absolute atomic E-state index is 0.00188. The third kappa shape index (κ3) is 4.62. The predicted octanol–water partition coefficient (Wildman–Crippen LogP) is 6.11. The molecule has 0 atom stereocenters. The van der Waals surface area contributed by atoms with Gasteiger partial charge in [0, 0.05) is 28.0 Å². The van der Waals surface area contributed by atoms with E-state index in [-0.39, 0.29) is 11.6 Å². The van der Waals surface area contributed by atoms with Crippen LogP contribution in [0.25, 0.3) is 10.2 Å². The number of nitrogens with one attached hydrogen (secondary N) is 2. The smallest absolute Gasteiger partial charge is 0.265 e. The SMILES string of the molecule is CC(=O)Nc1cc(NC(=O)c2cc3c(C)nn(Cc4ccc(Cl)cc4Cl)c3s2)ccc1F. The lowest BCUT2D eigenvalue weighted by Crippen LogP contribution is -2.12. The van der Waals surface area contributed by atoms with Crippen LogP contribution in [0.2, 0.25) is 10.0 Å². The van der Waals surface area contributed by atoms with E-state index in [1.54, 1.807) is 22.9 Å². The molecule has 0 aliphatic heterocycles. The molecule has 2 amide bonds. The van der Waals surface area contributed by atoms with Gasteiger partial charge in [-0.15, -0.1) is 11.3 Å². The van der Waals surface area contributed by atoms with Gasteiger partial charge in [-0.05, 0) is 48.9 Å². The summed E-state index contributed by atoms with van der Waals surface area (Å²) in [4.78, 5) is 25.4. The summed E-state index contributed by atoms with van der Waals surface area (Å²) in [5.41, 5.74) is 2.01. The van der Waals surface area contributed by atoms with Gasteiger partial charge in [0.25, 0.3) is 5.91 Å². The lowest BCUT2D eigenvalue weighted by Gasteiger charge is -2.08. The van der Waals surface area contributed by atoms with Gasteiger partial charge in [-0.2, -0.15) is 5.10 Å². The number of carbonyl (C=O) groups excluding carboxylic acids is 2. The highest BCUT2D eigenvalue weighted by Crippen LogP contribution is 2.31.